The zero-order chi connectivity index (χ0) is 27.3. The Morgan fingerprint density at radius 2 is 1.58 bits per heavy atom. The fraction of sp³-hybridized carbons (Fsp3) is 0.333. The summed E-state index contributed by atoms with van der Waals surface area (Å²) in [6, 6.07) is 4.26. The van der Waals surface area contributed by atoms with Crippen molar-refractivity contribution >= 4 is 27.5 Å². The molecule has 36 heavy (non-hydrogen) atoms. The maximum Gasteiger partial charge on any atom is 0.430 e. The lowest BCUT2D eigenvalue weighted by Crippen LogP contribution is -2.53. The highest BCUT2D eigenvalue weighted by molar-refractivity contribution is 7.91. The van der Waals surface area contributed by atoms with Crippen molar-refractivity contribution in [2.24, 2.45) is 0 Å². The maximum absolute atomic E-state index is 13.0. The van der Waals surface area contributed by atoms with Gasteiger partial charge in [-0.1, -0.05) is 25.1 Å². The molecule has 1 aliphatic heterocycles. The van der Waals surface area contributed by atoms with Crippen LogP contribution in [0, 0.1) is 0 Å². The lowest BCUT2D eigenvalue weighted by Gasteiger charge is -2.32. The Morgan fingerprint density at radius 3 is 2.06 bits per heavy atom. The molecule has 2 aromatic carbocycles. The molecular formula is C21H18F6N2O6S. The molecule has 1 aliphatic rings. The summed E-state index contributed by atoms with van der Waals surface area (Å²) in [5.74, 6) is -1.21. The summed E-state index contributed by atoms with van der Waals surface area (Å²) in [4.78, 5) is 25.2. The van der Waals surface area contributed by atoms with E-state index < -0.39 is 51.4 Å². The first-order valence-electron chi connectivity index (χ1n) is 10.1. The number of rotatable bonds is 5. The van der Waals surface area contributed by atoms with E-state index in [1.165, 1.54) is 25.1 Å². The number of fused-ring (bicyclic) bond motifs is 1. The number of anilines is 1. The number of hydrogen-bond acceptors (Lipinski definition) is 5. The van der Waals surface area contributed by atoms with Crippen LogP contribution in [0.4, 0.5) is 36.8 Å². The molecule has 196 valence electrons. The van der Waals surface area contributed by atoms with Gasteiger partial charge in [-0.15, -0.1) is 0 Å². The number of carbonyl (C=O) groups is 2. The van der Waals surface area contributed by atoms with E-state index in [1.807, 2.05) is 0 Å². The summed E-state index contributed by atoms with van der Waals surface area (Å²) < 4.78 is 103. The summed E-state index contributed by atoms with van der Waals surface area (Å²) >= 11 is 0. The third-order valence-corrected chi connectivity index (χ3v) is 7.42. The van der Waals surface area contributed by atoms with Crippen molar-refractivity contribution in [1.82, 2.24) is 4.90 Å². The highest BCUT2D eigenvalue weighted by atomic mass is 32.2. The average molecular weight is 540 g/mol. The van der Waals surface area contributed by atoms with Gasteiger partial charge >= 0.3 is 18.4 Å². The first-order valence-corrected chi connectivity index (χ1v) is 11.7. The smallest absolute Gasteiger partial charge is 0.430 e. The first kappa shape index (κ1) is 27.3. The van der Waals surface area contributed by atoms with Gasteiger partial charge in [0.2, 0.25) is 0 Å². The van der Waals surface area contributed by atoms with Gasteiger partial charge in [0, 0.05) is 11.3 Å². The van der Waals surface area contributed by atoms with E-state index in [2.05, 4.69) is 5.32 Å². The number of sulfone groups is 1. The number of nitrogens with one attached hydrogen (secondary N) is 1. The van der Waals surface area contributed by atoms with Crippen molar-refractivity contribution in [2.75, 3.05) is 11.1 Å². The van der Waals surface area contributed by atoms with Crippen LogP contribution in [0.15, 0.2) is 47.4 Å². The van der Waals surface area contributed by atoms with Crippen molar-refractivity contribution in [3.63, 3.8) is 0 Å². The molecule has 0 radical (unpaired) electrons. The van der Waals surface area contributed by atoms with Gasteiger partial charge in [0.05, 0.1) is 17.2 Å². The third-order valence-electron chi connectivity index (χ3n) is 5.69. The van der Waals surface area contributed by atoms with Crippen molar-refractivity contribution < 1.29 is 54.6 Å². The minimum atomic E-state index is -6.09. The zero-order valence-electron chi connectivity index (χ0n) is 18.2. The van der Waals surface area contributed by atoms with Gasteiger partial charge in [0.25, 0.3) is 11.5 Å². The van der Waals surface area contributed by atoms with Crippen molar-refractivity contribution in [3.8, 4) is 0 Å². The zero-order valence-corrected chi connectivity index (χ0v) is 19.0. The molecule has 3 rings (SSSR count). The van der Waals surface area contributed by atoms with Crippen molar-refractivity contribution in [2.45, 2.75) is 42.4 Å². The molecule has 0 saturated carbocycles. The van der Waals surface area contributed by atoms with Crippen LogP contribution in [0.1, 0.15) is 29.7 Å². The van der Waals surface area contributed by atoms with Gasteiger partial charge in [0.1, 0.15) is 6.04 Å². The number of halogens is 6. The predicted octanol–water partition coefficient (Wildman–Crippen LogP) is 3.97. The van der Waals surface area contributed by atoms with Crippen LogP contribution in [-0.4, -0.2) is 53.6 Å². The molecule has 3 N–H and O–H groups in total. The molecule has 15 heteroatoms. The Hall–Kier alpha value is -3.33. The molecule has 0 aliphatic carbocycles. The Morgan fingerprint density at radius 1 is 1.03 bits per heavy atom. The molecule has 0 fully saturated rings. The van der Waals surface area contributed by atoms with Gasteiger partial charge in [-0.2, -0.15) is 26.3 Å². The quantitative estimate of drug-likeness (QED) is 0.494. The molecule has 8 nitrogen and oxygen atoms in total. The maximum atomic E-state index is 13.0. The molecule has 2 aromatic rings. The highest BCUT2D eigenvalue weighted by Gasteiger charge is 2.71. The fourth-order valence-corrected chi connectivity index (χ4v) is 4.67. The average Bonchev–Trinajstić information content (AvgIpc) is 3.17. The largest absolute Gasteiger partial charge is 0.465 e. The molecule has 0 bridgehead atoms. The van der Waals surface area contributed by atoms with Crippen LogP contribution in [0.5, 0.6) is 0 Å². The Balaban J connectivity index is 1.92. The molecule has 0 aromatic heterocycles. The van der Waals surface area contributed by atoms with Crippen molar-refractivity contribution in [1.29, 1.82) is 0 Å². The predicted molar refractivity (Wildman–Crippen MR) is 112 cm³/mol. The lowest BCUT2D eigenvalue weighted by molar-refractivity contribution is -0.376. The normalized spacial score (nSPS) is 16.6. The number of benzene rings is 2. The minimum Gasteiger partial charge on any atom is -0.465 e. The van der Waals surface area contributed by atoms with E-state index in [0.29, 0.717) is 29.2 Å². The van der Waals surface area contributed by atoms with Crippen LogP contribution in [0.25, 0.3) is 0 Å². The molecular weight excluding hydrogens is 522 g/mol. The lowest BCUT2D eigenvalue weighted by atomic mass is 9.92. The van der Waals surface area contributed by atoms with Crippen LogP contribution in [0.3, 0.4) is 0 Å². The number of carbonyl (C=O) groups excluding carboxylic acids is 1. The second-order valence-corrected chi connectivity index (χ2v) is 10.1. The van der Waals surface area contributed by atoms with Crippen LogP contribution >= 0.6 is 0 Å². The number of hydrogen-bond donors (Lipinski definition) is 3. The van der Waals surface area contributed by atoms with Gasteiger partial charge in [0.15, 0.2) is 9.84 Å². The van der Waals surface area contributed by atoms with E-state index in [4.69, 9.17) is 0 Å². The van der Waals surface area contributed by atoms with E-state index in [-0.39, 0.29) is 34.0 Å². The fourth-order valence-electron chi connectivity index (χ4n) is 3.74. The first-order chi connectivity index (χ1) is 16.4. The molecule has 1 unspecified atom stereocenters. The topological polar surface area (TPSA) is 124 Å². The standard InChI is InChI=1S/C21H18F6N2O6S/c1-2-36(34,35)14-7-8-15-11(9-14)10-29(18(31)32)16(15)17(30)28-13-5-3-12(4-6-13)19(33,20(22,23)24)21(25,26)27/h3-9,16,33H,2,10H2,1H3,(H,28,30)(H,31,32). The van der Waals surface area contributed by atoms with E-state index in [1.54, 1.807) is 0 Å². The number of aliphatic hydroxyl groups is 1. The molecule has 0 saturated heterocycles. The van der Waals surface area contributed by atoms with Crippen LogP contribution in [-0.2, 0) is 26.8 Å². The van der Waals surface area contributed by atoms with E-state index in [0.717, 1.165) is 0 Å². The minimum absolute atomic E-state index is 0.0763. The van der Waals surface area contributed by atoms with Gasteiger partial charge < -0.3 is 15.5 Å². The number of amides is 2. The monoisotopic (exact) mass is 540 g/mol. The summed E-state index contributed by atoms with van der Waals surface area (Å²) in [7, 11) is -3.63. The summed E-state index contributed by atoms with van der Waals surface area (Å²) in [6.07, 6.45) is -13.7. The molecule has 1 atom stereocenters. The summed E-state index contributed by atoms with van der Waals surface area (Å²) in [5, 5.41) is 21.2. The third kappa shape index (κ3) is 4.59. The van der Waals surface area contributed by atoms with Crippen molar-refractivity contribution in [3.05, 3.63) is 59.2 Å². The van der Waals surface area contributed by atoms with Crippen LogP contribution in [0.2, 0.25) is 0 Å². The number of carboxylic acid groups (broad SMARTS) is 1. The summed E-state index contributed by atoms with van der Waals surface area (Å²) in [6.45, 7) is 1.08. The van der Waals surface area contributed by atoms with Gasteiger partial charge in [-0.25, -0.2) is 13.2 Å². The molecule has 1 heterocycles. The Kier molecular flexibility index (Phi) is 6.78. The molecule has 0 spiro atoms. The second kappa shape index (κ2) is 8.96. The number of nitrogens with zero attached hydrogens (tertiary/aromatic N) is 1. The van der Waals surface area contributed by atoms with E-state index in [9.17, 15) is 54.6 Å². The van der Waals surface area contributed by atoms with Gasteiger partial charge in [-0.05, 0) is 35.4 Å². The van der Waals surface area contributed by atoms with Gasteiger partial charge in [-0.3, -0.25) is 9.69 Å². The Labute approximate surface area is 200 Å². The van der Waals surface area contributed by atoms with Crippen LogP contribution < -0.4 is 5.32 Å². The highest BCUT2D eigenvalue weighted by Crippen LogP contribution is 2.50. The Bertz CT molecular complexity index is 1280. The molecule has 2 amide bonds. The second-order valence-electron chi connectivity index (χ2n) is 7.85. The SMILES string of the molecule is CCS(=O)(=O)c1ccc2c(c1)CN(C(=O)O)C2C(=O)Nc1ccc(C(O)(C(F)(F)F)C(F)(F)F)cc1. The number of alkyl halides is 6. The van der Waals surface area contributed by atoms with E-state index >= 15 is 0 Å². The summed E-state index contributed by atoms with van der Waals surface area (Å²) in [5.41, 5.74) is -6.57.